The van der Waals surface area contributed by atoms with Crippen LogP contribution in [0.2, 0.25) is 0 Å². The Morgan fingerprint density at radius 3 is 2.33 bits per heavy atom. The summed E-state index contributed by atoms with van der Waals surface area (Å²) in [6.07, 6.45) is 2.66. The monoisotopic (exact) mass is 211 g/mol. The molecule has 0 spiro atoms. The van der Waals surface area contributed by atoms with Gasteiger partial charge in [-0.3, -0.25) is 9.48 Å². The van der Waals surface area contributed by atoms with Crippen molar-refractivity contribution in [3.63, 3.8) is 0 Å². The van der Waals surface area contributed by atoms with Gasteiger partial charge >= 0.3 is 0 Å². The Balaban J connectivity index is 0.000000921. The molecule has 0 aromatic carbocycles. The summed E-state index contributed by atoms with van der Waals surface area (Å²) in [5.74, 6) is -0.448. The molecule has 0 atom stereocenters. The van der Waals surface area contributed by atoms with Crippen LogP contribution in [0.5, 0.6) is 0 Å². The lowest BCUT2D eigenvalue weighted by Gasteiger charge is -2.02. The maximum atomic E-state index is 11.0. The Bertz CT molecular complexity index is 316. The van der Waals surface area contributed by atoms with Crippen LogP contribution in [0.3, 0.4) is 0 Å². The number of aromatic nitrogens is 2. The summed E-state index contributed by atoms with van der Waals surface area (Å²) < 4.78 is 1.76. The van der Waals surface area contributed by atoms with Crippen molar-refractivity contribution in [3.05, 3.63) is 17.5 Å². The van der Waals surface area contributed by atoms with Gasteiger partial charge in [-0.25, -0.2) is 0 Å². The largest absolute Gasteiger partial charge is 0.364 e. The fourth-order valence-corrected chi connectivity index (χ4v) is 1.16. The molecule has 0 fully saturated rings. The summed E-state index contributed by atoms with van der Waals surface area (Å²) in [5, 5.41) is 4.12. The molecule has 0 unspecified atom stereocenters. The van der Waals surface area contributed by atoms with E-state index < -0.39 is 5.91 Å². The van der Waals surface area contributed by atoms with Crippen molar-refractivity contribution in [2.45, 2.75) is 47.1 Å². The number of hydrogen-bond acceptors (Lipinski definition) is 2. The molecule has 1 aromatic rings. The predicted molar refractivity (Wildman–Crippen MR) is 61.9 cm³/mol. The number of rotatable bonds is 3. The molecule has 86 valence electrons. The van der Waals surface area contributed by atoms with Gasteiger partial charge in [0.05, 0.1) is 0 Å². The molecule has 0 saturated heterocycles. The predicted octanol–water partition coefficient (Wildman–Crippen LogP) is 2.15. The second-order valence-corrected chi connectivity index (χ2v) is 3.29. The van der Waals surface area contributed by atoms with Gasteiger partial charge in [0.2, 0.25) is 0 Å². The molecule has 1 heterocycles. The Morgan fingerprint density at radius 1 is 1.53 bits per heavy atom. The van der Waals surface area contributed by atoms with Crippen LogP contribution in [0.15, 0.2) is 6.20 Å². The molecule has 0 bridgehead atoms. The number of nitrogens with zero attached hydrogens (tertiary/aromatic N) is 2. The Labute approximate surface area is 91.5 Å². The summed E-state index contributed by atoms with van der Waals surface area (Å²) in [6, 6.07) is 0.262. The smallest absolute Gasteiger partial charge is 0.269 e. The zero-order valence-corrected chi connectivity index (χ0v) is 10.2. The summed E-state index contributed by atoms with van der Waals surface area (Å²) >= 11 is 0. The number of amides is 1. The van der Waals surface area contributed by atoms with Crippen molar-refractivity contribution in [3.8, 4) is 0 Å². The zero-order valence-electron chi connectivity index (χ0n) is 10.2. The fourth-order valence-electron chi connectivity index (χ4n) is 1.16. The molecular formula is C11H21N3O. The van der Waals surface area contributed by atoms with E-state index in [0.29, 0.717) is 5.69 Å². The topological polar surface area (TPSA) is 60.9 Å². The van der Waals surface area contributed by atoms with E-state index in [2.05, 4.69) is 5.10 Å². The van der Waals surface area contributed by atoms with Crippen LogP contribution in [0.25, 0.3) is 0 Å². The number of hydrogen-bond donors (Lipinski definition) is 1. The summed E-state index contributed by atoms with van der Waals surface area (Å²) in [5.41, 5.74) is 6.51. The van der Waals surface area contributed by atoms with Crippen LogP contribution in [0, 0.1) is 0 Å². The Hall–Kier alpha value is -1.32. The minimum absolute atomic E-state index is 0.262. The van der Waals surface area contributed by atoms with E-state index >= 15 is 0 Å². The fraction of sp³-hybridized carbons (Fsp3) is 0.636. The van der Waals surface area contributed by atoms with Crippen LogP contribution in [0.4, 0.5) is 0 Å². The molecule has 0 aliphatic rings. The van der Waals surface area contributed by atoms with E-state index in [-0.39, 0.29) is 6.04 Å². The highest BCUT2D eigenvalue weighted by Gasteiger charge is 2.13. The molecule has 1 aromatic heterocycles. The molecule has 0 aliphatic heterocycles. The van der Waals surface area contributed by atoms with E-state index in [1.165, 1.54) is 0 Å². The van der Waals surface area contributed by atoms with E-state index in [1.807, 2.05) is 40.8 Å². The van der Waals surface area contributed by atoms with Gasteiger partial charge in [-0.15, -0.1) is 0 Å². The van der Waals surface area contributed by atoms with Gasteiger partial charge in [-0.1, -0.05) is 20.8 Å². The van der Waals surface area contributed by atoms with Gasteiger partial charge < -0.3 is 5.73 Å². The van der Waals surface area contributed by atoms with Crippen molar-refractivity contribution in [2.24, 2.45) is 5.73 Å². The highest BCUT2D eigenvalue weighted by molar-refractivity contribution is 5.92. The minimum atomic E-state index is -0.448. The Morgan fingerprint density at radius 2 is 2.07 bits per heavy atom. The minimum Gasteiger partial charge on any atom is -0.364 e. The van der Waals surface area contributed by atoms with Gasteiger partial charge in [0.25, 0.3) is 5.91 Å². The van der Waals surface area contributed by atoms with Crippen LogP contribution in [-0.2, 0) is 6.42 Å². The lowest BCUT2D eigenvalue weighted by atomic mass is 10.2. The van der Waals surface area contributed by atoms with Gasteiger partial charge in [0.1, 0.15) is 0 Å². The summed E-state index contributed by atoms with van der Waals surface area (Å²) in [6.45, 7) is 10.0. The second kappa shape index (κ2) is 6.22. The first-order valence-corrected chi connectivity index (χ1v) is 5.44. The quantitative estimate of drug-likeness (QED) is 0.832. The standard InChI is InChI=1S/C9H15N3O.C2H6/c1-4-7-5-12(6(2)3)11-8(7)9(10)13;1-2/h5-6H,4H2,1-3H3,(H2,10,13);1-2H3. The molecule has 0 aliphatic carbocycles. The van der Waals surface area contributed by atoms with Crippen LogP contribution in [-0.4, -0.2) is 15.7 Å². The van der Waals surface area contributed by atoms with E-state index in [1.54, 1.807) is 4.68 Å². The molecule has 0 saturated carbocycles. The van der Waals surface area contributed by atoms with Crippen molar-refractivity contribution in [1.82, 2.24) is 9.78 Å². The summed E-state index contributed by atoms with van der Waals surface area (Å²) in [7, 11) is 0. The van der Waals surface area contributed by atoms with Crippen LogP contribution >= 0.6 is 0 Å². The molecular weight excluding hydrogens is 190 g/mol. The highest BCUT2D eigenvalue weighted by atomic mass is 16.1. The van der Waals surface area contributed by atoms with Gasteiger partial charge in [-0.05, 0) is 20.3 Å². The van der Waals surface area contributed by atoms with E-state index in [0.717, 1.165) is 12.0 Å². The van der Waals surface area contributed by atoms with Crippen molar-refractivity contribution in [1.29, 1.82) is 0 Å². The van der Waals surface area contributed by atoms with Crippen molar-refractivity contribution < 1.29 is 4.79 Å². The SMILES string of the molecule is CC.CCc1cn(C(C)C)nc1C(N)=O. The second-order valence-electron chi connectivity index (χ2n) is 3.29. The van der Waals surface area contributed by atoms with Crippen LogP contribution < -0.4 is 5.73 Å². The molecule has 1 rings (SSSR count). The molecule has 4 nitrogen and oxygen atoms in total. The van der Waals surface area contributed by atoms with Crippen molar-refractivity contribution in [2.75, 3.05) is 0 Å². The van der Waals surface area contributed by atoms with Gasteiger partial charge in [0.15, 0.2) is 5.69 Å². The molecule has 1 amide bonds. The first-order valence-electron chi connectivity index (χ1n) is 5.44. The average molecular weight is 211 g/mol. The highest BCUT2D eigenvalue weighted by Crippen LogP contribution is 2.11. The van der Waals surface area contributed by atoms with Crippen LogP contribution in [0.1, 0.15) is 56.7 Å². The number of carbonyl (C=O) groups excluding carboxylic acids is 1. The van der Waals surface area contributed by atoms with Gasteiger partial charge in [-0.2, -0.15) is 5.10 Å². The zero-order chi connectivity index (χ0) is 12.0. The third-order valence-corrected chi connectivity index (χ3v) is 1.95. The average Bonchev–Trinajstić information content (AvgIpc) is 2.64. The third-order valence-electron chi connectivity index (χ3n) is 1.95. The molecule has 15 heavy (non-hydrogen) atoms. The molecule has 0 radical (unpaired) electrons. The normalized spacial score (nSPS) is 9.73. The van der Waals surface area contributed by atoms with Crippen molar-refractivity contribution >= 4 is 5.91 Å². The number of carbonyl (C=O) groups is 1. The number of nitrogens with two attached hydrogens (primary N) is 1. The molecule has 2 N–H and O–H groups in total. The Kier molecular flexibility index (Phi) is 5.67. The number of primary amides is 1. The first kappa shape index (κ1) is 13.7. The summed E-state index contributed by atoms with van der Waals surface area (Å²) in [4.78, 5) is 11.0. The first-order chi connectivity index (χ1) is 7.06. The third kappa shape index (κ3) is 3.38. The van der Waals surface area contributed by atoms with E-state index in [9.17, 15) is 4.79 Å². The van der Waals surface area contributed by atoms with Gasteiger partial charge in [0, 0.05) is 17.8 Å². The number of aryl methyl sites for hydroxylation is 1. The maximum Gasteiger partial charge on any atom is 0.269 e. The maximum absolute atomic E-state index is 11.0. The van der Waals surface area contributed by atoms with E-state index in [4.69, 9.17) is 5.73 Å². The lowest BCUT2D eigenvalue weighted by Crippen LogP contribution is -2.14. The lowest BCUT2D eigenvalue weighted by molar-refractivity contribution is 0.0994. The molecule has 4 heteroatoms.